The number of hydrogen-bond donors (Lipinski definition) is 1. The smallest absolute Gasteiger partial charge is 0.272 e. The molecule has 110 valence electrons. The molecule has 0 aliphatic heterocycles. The van der Waals surface area contributed by atoms with E-state index in [-0.39, 0.29) is 5.91 Å². The first-order valence-corrected chi connectivity index (χ1v) is 7.49. The zero-order chi connectivity index (χ0) is 14.3. The SMILES string of the molecule is Cc1cc(C(=O)NC2(CF)CCC2)nn1C(C)C1CC1. The van der Waals surface area contributed by atoms with Crippen LogP contribution in [0, 0.1) is 12.8 Å². The number of rotatable bonds is 5. The van der Waals surface area contributed by atoms with Gasteiger partial charge in [-0.05, 0) is 57.9 Å². The Morgan fingerprint density at radius 1 is 1.60 bits per heavy atom. The van der Waals surface area contributed by atoms with E-state index in [0.717, 1.165) is 25.0 Å². The molecule has 0 bridgehead atoms. The molecular weight excluding hydrogens is 257 g/mol. The fraction of sp³-hybridized carbons (Fsp3) is 0.733. The van der Waals surface area contributed by atoms with Crippen LogP contribution in [-0.2, 0) is 0 Å². The molecule has 1 N–H and O–H groups in total. The standard InChI is InChI=1S/C15H22FN3O/c1-10-8-13(18-19(10)11(2)12-4-5-12)14(20)17-15(9-16)6-3-7-15/h8,11-12H,3-7,9H2,1-2H3,(H,17,20). The molecule has 0 spiro atoms. The van der Waals surface area contributed by atoms with Crippen LogP contribution in [0.5, 0.6) is 0 Å². The number of hydrogen-bond acceptors (Lipinski definition) is 2. The van der Waals surface area contributed by atoms with Crippen molar-refractivity contribution in [1.29, 1.82) is 0 Å². The van der Waals surface area contributed by atoms with Crippen LogP contribution in [0.1, 0.15) is 61.3 Å². The largest absolute Gasteiger partial charge is 0.343 e. The Hall–Kier alpha value is -1.39. The highest BCUT2D eigenvalue weighted by Crippen LogP contribution is 2.39. The number of carbonyl (C=O) groups is 1. The zero-order valence-electron chi connectivity index (χ0n) is 12.2. The van der Waals surface area contributed by atoms with Gasteiger partial charge in [-0.3, -0.25) is 9.48 Å². The molecule has 2 fully saturated rings. The van der Waals surface area contributed by atoms with Crippen LogP contribution in [0.4, 0.5) is 4.39 Å². The van der Waals surface area contributed by atoms with Crippen LogP contribution >= 0.6 is 0 Å². The Balaban J connectivity index is 1.73. The van der Waals surface area contributed by atoms with Crippen LogP contribution < -0.4 is 5.32 Å². The Labute approximate surface area is 118 Å². The molecule has 2 saturated carbocycles. The lowest BCUT2D eigenvalue weighted by molar-refractivity contribution is 0.0768. The van der Waals surface area contributed by atoms with E-state index in [1.54, 1.807) is 6.07 Å². The van der Waals surface area contributed by atoms with Gasteiger partial charge in [0.15, 0.2) is 0 Å². The minimum Gasteiger partial charge on any atom is -0.343 e. The summed E-state index contributed by atoms with van der Waals surface area (Å²) in [5.74, 6) is 0.445. The van der Waals surface area contributed by atoms with Crippen molar-refractivity contribution in [3.05, 3.63) is 17.5 Å². The summed E-state index contributed by atoms with van der Waals surface area (Å²) in [7, 11) is 0. The summed E-state index contributed by atoms with van der Waals surface area (Å²) in [6.07, 6.45) is 4.93. The summed E-state index contributed by atoms with van der Waals surface area (Å²) >= 11 is 0. The molecule has 2 aliphatic carbocycles. The van der Waals surface area contributed by atoms with Gasteiger partial charge in [0.1, 0.15) is 12.4 Å². The number of amides is 1. The normalized spacial score (nSPS) is 22.1. The summed E-state index contributed by atoms with van der Waals surface area (Å²) in [4.78, 5) is 12.2. The highest BCUT2D eigenvalue weighted by atomic mass is 19.1. The zero-order valence-corrected chi connectivity index (χ0v) is 12.2. The van der Waals surface area contributed by atoms with E-state index in [0.29, 0.717) is 17.7 Å². The topological polar surface area (TPSA) is 46.9 Å². The molecule has 1 heterocycles. The molecule has 1 unspecified atom stereocenters. The first kappa shape index (κ1) is 13.6. The molecule has 4 nitrogen and oxygen atoms in total. The minimum absolute atomic E-state index is 0.243. The van der Waals surface area contributed by atoms with E-state index in [4.69, 9.17) is 0 Å². The van der Waals surface area contributed by atoms with Gasteiger partial charge in [-0.2, -0.15) is 5.10 Å². The molecule has 0 aromatic carbocycles. The van der Waals surface area contributed by atoms with Gasteiger partial charge in [-0.15, -0.1) is 0 Å². The van der Waals surface area contributed by atoms with E-state index < -0.39 is 12.2 Å². The van der Waals surface area contributed by atoms with Gasteiger partial charge in [0.25, 0.3) is 5.91 Å². The average Bonchev–Trinajstić information content (AvgIpc) is 3.16. The fourth-order valence-corrected chi connectivity index (χ4v) is 2.99. The number of alkyl halides is 1. The quantitative estimate of drug-likeness (QED) is 0.901. The highest BCUT2D eigenvalue weighted by Gasteiger charge is 2.39. The number of nitrogens with zero attached hydrogens (tertiary/aromatic N) is 2. The molecule has 20 heavy (non-hydrogen) atoms. The highest BCUT2D eigenvalue weighted by molar-refractivity contribution is 5.93. The third kappa shape index (κ3) is 2.34. The van der Waals surface area contributed by atoms with Crippen LogP contribution in [-0.4, -0.2) is 27.9 Å². The maximum absolute atomic E-state index is 13.1. The molecule has 5 heteroatoms. The van der Waals surface area contributed by atoms with Gasteiger partial charge >= 0.3 is 0 Å². The molecule has 1 atom stereocenters. The van der Waals surface area contributed by atoms with Gasteiger partial charge in [0.2, 0.25) is 0 Å². The Morgan fingerprint density at radius 2 is 2.30 bits per heavy atom. The summed E-state index contributed by atoms with van der Waals surface area (Å²) in [5.41, 5.74) is 0.781. The van der Waals surface area contributed by atoms with Crippen molar-refractivity contribution < 1.29 is 9.18 Å². The third-order valence-corrected chi connectivity index (χ3v) is 4.79. The van der Waals surface area contributed by atoms with E-state index in [9.17, 15) is 9.18 Å². The fourth-order valence-electron chi connectivity index (χ4n) is 2.99. The predicted octanol–water partition coefficient (Wildman–Crippen LogP) is 2.78. The molecule has 1 aromatic heterocycles. The van der Waals surface area contributed by atoms with Crippen molar-refractivity contribution >= 4 is 5.91 Å². The lowest BCUT2D eigenvalue weighted by atomic mass is 9.78. The van der Waals surface area contributed by atoms with Gasteiger partial charge in [0.05, 0.1) is 11.6 Å². The average molecular weight is 279 g/mol. The Bertz CT molecular complexity index is 512. The predicted molar refractivity (Wildman–Crippen MR) is 74.4 cm³/mol. The first-order chi connectivity index (χ1) is 9.54. The minimum atomic E-state index is -0.628. The number of nitrogens with one attached hydrogen (secondary N) is 1. The lowest BCUT2D eigenvalue weighted by Gasteiger charge is -2.39. The molecule has 1 amide bonds. The van der Waals surface area contributed by atoms with Gasteiger partial charge in [0, 0.05) is 5.69 Å². The Kier molecular flexibility index (Phi) is 3.30. The summed E-state index contributed by atoms with van der Waals surface area (Å²) in [5, 5.41) is 7.26. The molecule has 2 aliphatic rings. The molecule has 0 saturated heterocycles. The molecule has 0 radical (unpaired) electrons. The maximum Gasteiger partial charge on any atom is 0.272 e. The van der Waals surface area contributed by atoms with Crippen molar-refractivity contribution in [3.63, 3.8) is 0 Å². The second kappa shape index (κ2) is 4.86. The van der Waals surface area contributed by atoms with Crippen molar-refractivity contribution in [1.82, 2.24) is 15.1 Å². The lowest BCUT2D eigenvalue weighted by Crippen LogP contribution is -2.55. The summed E-state index contributed by atoms with van der Waals surface area (Å²) < 4.78 is 15.0. The van der Waals surface area contributed by atoms with Gasteiger partial charge in [-0.1, -0.05) is 0 Å². The molecular formula is C15H22FN3O. The first-order valence-electron chi connectivity index (χ1n) is 7.49. The van der Waals surface area contributed by atoms with E-state index in [2.05, 4.69) is 17.3 Å². The van der Waals surface area contributed by atoms with Gasteiger partial charge in [-0.25, -0.2) is 4.39 Å². The van der Waals surface area contributed by atoms with Crippen LogP contribution in [0.25, 0.3) is 0 Å². The number of aryl methyl sites for hydroxylation is 1. The maximum atomic E-state index is 13.1. The van der Waals surface area contributed by atoms with Crippen LogP contribution in [0.2, 0.25) is 0 Å². The van der Waals surface area contributed by atoms with Crippen molar-refractivity contribution in [2.45, 2.75) is 57.5 Å². The monoisotopic (exact) mass is 279 g/mol. The molecule has 3 rings (SSSR count). The summed E-state index contributed by atoms with van der Waals surface area (Å²) in [6, 6.07) is 2.15. The van der Waals surface area contributed by atoms with Crippen molar-refractivity contribution in [2.75, 3.05) is 6.67 Å². The van der Waals surface area contributed by atoms with Crippen molar-refractivity contribution in [3.8, 4) is 0 Å². The number of carbonyl (C=O) groups excluding carboxylic acids is 1. The Morgan fingerprint density at radius 3 is 2.80 bits per heavy atom. The molecule has 1 aromatic rings. The van der Waals surface area contributed by atoms with E-state index in [1.807, 2.05) is 11.6 Å². The third-order valence-electron chi connectivity index (χ3n) is 4.79. The number of halogens is 1. The summed E-state index contributed by atoms with van der Waals surface area (Å²) in [6.45, 7) is 3.63. The van der Waals surface area contributed by atoms with E-state index >= 15 is 0 Å². The second-order valence-electron chi connectivity index (χ2n) is 6.42. The van der Waals surface area contributed by atoms with Gasteiger partial charge < -0.3 is 5.32 Å². The van der Waals surface area contributed by atoms with Crippen molar-refractivity contribution in [2.24, 2.45) is 5.92 Å². The van der Waals surface area contributed by atoms with E-state index in [1.165, 1.54) is 12.8 Å². The second-order valence-corrected chi connectivity index (χ2v) is 6.42. The van der Waals surface area contributed by atoms with Crippen LogP contribution in [0.15, 0.2) is 6.07 Å². The number of aromatic nitrogens is 2. The van der Waals surface area contributed by atoms with Crippen LogP contribution in [0.3, 0.4) is 0 Å².